The zero-order chi connectivity index (χ0) is 18.2. The number of nitrogens with zero attached hydrogens (tertiary/aromatic N) is 1. The van der Waals surface area contributed by atoms with Gasteiger partial charge in [0.1, 0.15) is 0 Å². The number of hydrogen-bond acceptors (Lipinski definition) is 5. The first-order chi connectivity index (χ1) is 12.1. The highest BCUT2D eigenvalue weighted by molar-refractivity contribution is 6.30. The molecule has 0 aliphatic carbocycles. The Morgan fingerprint density at radius 3 is 2.32 bits per heavy atom. The Morgan fingerprint density at radius 1 is 1.04 bits per heavy atom. The first kappa shape index (κ1) is 18.6. The fourth-order valence-electron chi connectivity index (χ4n) is 2.23. The van der Waals surface area contributed by atoms with Gasteiger partial charge in [0, 0.05) is 10.6 Å². The maximum absolute atomic E-state index is 11.9. The predicted octanol–water partition coefficient (Wildman–Crippen LogP) is 3.06. The lowest BCUT2D eigenvalue weighted by Crippen LogP contribution is -2.19. The smallest absolute Gasteiger partial charge is 0.244 e. The Morgan fingerprint density at radius 2 is 1.72 bits per heavy atom. The van der Waals surface area contributed by atoms with Gasteiger partial charge in [-0.3, -0.25) is 4.79 Å². The molecule has 0 bridgehead atoms. The second-order valence-electron chi connectivity index (χ2n) is 5.02. The number of carbonyl (C=O) groups is 1. The van der Waals surface area contributed by atoms with E-state index in [4.69, 9.17) is 25.8 Å². The highest BCUT2D eigenvalue weighted by atomic mass is 35.5. The normalized spacial score (nSPS) is 10.6. The van der Waals surface area contributed by atoms with Crippen molar-refractivity contribution in [3.05, 3.63) is 52.5 Å². The van der Waals surface area contributed by atoms with Crippen LogP contribution in [0.2, 0.25) is 5.02 Å². The van der Waals surface area contributed by atoms with Crippen LogP contribution in [-0.2, 0) is 11.2 Å². The van der Waals surface area contributed by atoms with Gasteiger partial charge in [-0.15, -0.1) is 0 Å². The van der Waals surface area contributed by atoms with Crippen LogP contribution in [0.5, 0.6) is 17.2 Å². The van der Waals surface area contributed by atoms with Gasteiger partial charge >= 0.3 is 0 Å². The Kier molecular flexibility index (Phi) is 6.65. The number of hydrazone groups is 1. The van der Waals surface area contributed by atoms with Crippen molar-refractivity contribution in [3.63, 3.8) is 0 Å². The molecule has 1 N–H and O–H groups in total. The lowest BCUT2D eigenvalue weighted by atomic mass is 10.1. The molecule has 2 aromatic carbocycles. The van der Waals surface area contributed by atoms with Gasteiger partial charge in [-0.1, -0.05) is 23.7 Å². The molecule has 7 heteroatoms. The maximum atomic E-state index is 11.9. The van der Waals surface area contributed by atoms with Gasteiger partial charge in [0.15, 0.2) is 11.5 Å². The average Bonchev–Trinajstić information content (AvgIpc) is 2.62. The van der Waals surface area contributed by atoms with E-state index in [1.807, 2.05) is 0 Å². The molecule has 0 aliphatic rings. The third-order valence-electron chi connectivity index (χ3n) is 3.41. The van der Waals surface area contributed by atoms with Crippen LogP contribution >= 0.6 is 11.6 Å². The first-order valence-electron chi connectivity index (χ1n) is 7.44. The number of ether oxygens (including phenoxy) is 3. The molecule has 0 spiro atoms. The van der Waals surface area contributed by atoms with Crippen LogP contribution in [0, 0.1) is 0 Å². The molecule has 6 nitrogen and oxygen atoms in total. The van der Waals surface area contributed by atoms with E-state index in [0.29, 0.717) is 27.8 Å². The van der Waals surface area contributed by atoms with Crippen LogP contribution < -0.4 is 19.6 Å². The molecular weight excluding hydrogens is 344 g/mol. The van der Waals surface area contributed by atoms with Gasteiger partial charge in [0.2, 0.25) is 11.7 Å². The lowest BCUT2D eigenvalue weighted by Gasteiger charge is -2.13. The number of methoxy groups -OCH3 is 3. The minimum Gasteiger partial charge on any atom is -0.493 e. The largest absolute Gasteiger partial charge is 0.493 e. The van der Waals surface area contributed by atoms with Crippen molar-refractivity contribution < 1.29 is 19.0 Å². The molecule has 1 amide bonds. The van der Waals surface area contributed by atoms with E-state index in [9.17, 15) is 4.79 Å². The Balaban J connectivity index is 2.06. The quantitative estimate of drug-likeness (QED) is 0.607. The second-order valence-corrected chi connectivity index (χ2v) is 5.46. The summed E-state index contributed by atoms with van der Waals surface area (Å²) in [5, 5.41) is 4.60. The van der Waals surface area contributed by atoms with E-state index in [1.54, 1.807) is 43.5 Å². The molecule has 0 aromatic heterocycles. The summed E-state index contributed by atoms with van der Waals surface area (Å²) in [6.07, 6.45) is 1.69. The number of rotatable bonds is 7. The fourth-order valence-corrected chi connectivity index (χ4v) is 2.35. The van der Waals surface area contributed by atoms with E-state index in [0.717, 1.165) is 5.56 Å². The zero-order valence-electron chi connectivity index (χ0n) is 14.2. The van der Waals surface area contributed by atoms with Crippen LogP contribution in [0.4, 0.5) is 0 Å². The SMILES string of the molecule is COc1ccc(/C=N\NC(=O)Cc2ccc(Cl)cc2)c(OC)c1OC. The van der Waals surface area contributed by atoms with Crippen LogP contribution in [0.15, 0.2) is 41.5 Å². The molecule has 0 unspecified atom stereocenters. The summed E-state index contributed by atoms with van der Waals surface area (Å²) in [7, 11) is 4.59. The van der Waals surface area contributed by atoms with Crippen molar-refractivity contribution >= 4 is 23.7 Å². The van der Waals surface area contributed by atoms with Gasteiger partial charge in [-0.25, -0.2) is 5.43 Å². The monoisotopic (exact) mass is 362 g/mol. The zero-order valence-corrected chi connectivity index (χ0v) is 15.0. The van der Waals surface area contributed by atoms with E-state index in [-0.39, 0.29) is 12.3 Å². The van der Waals surface area contributed by atoms with Crippen LogP contribution in [0.3, 0.4) is 0 Å². The van der Waals surface area contributed by atoms with Crippen LogP contribution in [-0.4, -0.2) is 33.5 Å². The number of carbonyl (C=O) groups excluding carboxylic acids is 1. The summed E-state index contributed by atoms with van der Waals surface area (Å²) in [6.45, 7) is 0. The summed E-state index contributed by atoms with van der Waals surface area (Å²) in [5.41, 5.74) is 3.97. The third-order valence-corrected chi connectivity index (χ3v) is 3.66. The molecule has 0 saturated carbocycles. The number of halogens is 1. The molecule has 0 radical (unpaired) electrons. The van der Waals surface area contributed by atoms with E-state index in [2.05, 4.69) is 10.5 Å². The molecule has 0 aliphatic heterocycles. The maximum Gasteiger partial charge on any atom is 0.244 e. The lowest BCUT2D eigenvalue weighted by molar-refractivity contribution is -0.120. The van der Waals surface area contributed by atoms with Crippen molar-refractivity contribution in [1.82, 2.24) is 5.43 Å². The summed E-state index contributed by atoms with van der Waals surface area (Å²) in [6, 6.07) is 10.6. The first-order valence-corrected chi connectivity index (χ1v) is 7.82. The van der Waals surface area contributed by atoms with Gasteiger partial charge in [0.25, 0.3) is 0 Å². The van der Waals surface area contributed by atoms with E-state index in [1.165, 1.54) is 20.4 Å². The molecular formula is C18H19ClN2O4. The number of benzene rings is 2. The van der Waals surface area contributed by atoms with Crippen molar-refractivity contribution in [1.29, 1.82) is 0 Å². The van der Waals surface area contributed by atoms with Crippen LogP contribution in [0.25, 0.3) is 0 Å². The minimum absolute atomic E-state index is 0.206. The second kappa shape index (κ2) is 8.94. The highest BCUT2D eigenvalue weighted by Gasteiger charge is 2.14. The number of nitrogens with one attached hydrogen (secondary N) is 1. The molecule has 25 heavy (non-hydrogen) atoms. The van der Waals surface area contributed by atoms with Crippen molar-refractivity contribution in [2.75, 3.05) is 21.3 Å². The molecule has 0 heterocycles. The van der Waals surface area contributed by atoms with Crippen molar-refractivity contribution in [3.8, 4) is 17.2 Å². The third kappa shape index (κ3) is 4.87. The predicted molar refractivity (Wildman–Crippen MR) is 97.0 cm³/mol. The van der Waals surface area contributed by atoms with Crippen LogP contribution in [0.1, 0.15) is 11.1 Å². The molecule has 0 atom stereocenters. The van der Waals surface area contributed by atoms with E-state index >= 15 is 0 Å². The molecule has 0 fully saturated rings. The Bertz CT molecular complexity index is 760. The summed E-state index contributed by atoms with van der Waals surface area (Å²) < 4.78 is 15.9. The number of hydrogen-bond donors (Lipinski definition) is 1. The standard InChI is InChI=1S/C18H19ClN2O4/c1-23-15-9-6-13(17(24-2)18(15)25-3)11-20-21-16(22)10-12-4-7-14(19)8-5-12/h4-9,11H,10H2,1-3H3,(H,21,22)/b20-11-. The average molecular weight is 363 g/mol. The molecule has 0 saturated heterocycles. The summed E-state index contributed by atoms with van der Waals surface area (Å²) in [4.78, 5) is 11.9. The van der Waals surface area contributed by atoms with Gasteiger partial charge in [0.05, 0.1) is 34.0 Å². The van der Waals surface area contributed by atoms with Gasteiger partial charge in [-0.2, -0.15) is 5.10 Å². The summed E-state index contributed by atoms with van der Waals surface area (Å²) >= 11 is 5.82. The summed E-state index contributed by atoms with van der Waals surface area (Å²) in [5.74, 6) is 1.24. The van der Waals surface area contributed by atoms with Crippen molar-refractivity contribution in [2.24, 2.45) is 5.10 Å². The number of amides is 1. The highest BCUT2D eigenvalue weighted by Crippen LogP contribution is 2.38. The van der Waals surface area contributed by atoms with Gasteiger partial charge < -0.3 is 14.2 Å². The molecule has 132 valence electrons. The fraction of sp³-hybridized carbons (Fsp3) is 0.222. The Hall–Kier alpha value is -2.73. The molecule has 2 rings (SSSR count). The van der Waals surface area contributed by atoms with Gasteiger partial charge in [-0.05, 0) is 29.8 Å². The minimum atomic E-state index is -0.238. The Labute approximate surface area is 151 Å². The molecule has 2 aromatic rings. The topological polar surface area (TPSA) is 69.2 Å². The van der Waals surface area contributed by atoms with Crippen molar-refractivity contribution in [2.45, 2.75) is 6.42 Å². The van der Waals surface area contributed by atoms with E-state index < -0.39 is 0 Å².